The molecule has 1 N–H and O–H groups in total. The third-order valence-electron chi connectivity index (χ3n) is 4.24. The molecule has 2 saturated heterocycles. The molecule has 0 aromatic rings. The highest BCUT2D eigenvalue weighted by Crippen LogP contribution is 2.51. The molecule has 2 fully saturated rings. The van der Waals surface area contributed by atoms with Crippen molar-refractivity contribution >= 4 is 0 Å². The second kappa shape index (κ2) is 2.94. The molecule has 2 rings (SSSR count). The molecule has 2 aliphatic heterocycles. The Balaban J connectivity index is 2.32. The minimum Gasteiger partial charge on any atom is -0.388 e. The van der Waals surface area contributed by atoms with Crippen molar-refractivity contribution in [1.82, 2.24) is 0 Å². The predicted octanol–water partition coefficient (Wildman–Crippen LogP) is 1.20. The summed E-state index contributed by atoms with van der Waals surface area (Å²) in [6.07, 6.45) is -0.490. The molecule has 82 valence electrons. The second-order valence-corrected chi connectivity index (χ2v) is 5.20. The van der Waals surface area contributed by atoms with Crippen LogP contribution in [0.3, 0.4) is 0 Å². The van der Waals surface area contributed by atoms with Crippen LogP contribution in [0, 0.1) is 11.8 Å². The first-order chi connectivity index (χ1) is 6.42. The van der Waals surface area contributed by atoms with E-state index in [-0.39, 0.29) is 5.60 Å². The highest BCUT2D eigenvalue weighted by molar-refractivity contribution is 5.13. The van der Waals surface area contributed by atoms with Gasteiger partial charge in [-0.1, -0.05) is 13.8 Å². The quantitative estimate of drug-likeness (QED) is 0.691. The summed E-state index contributed by atoms with van der Waals surface area (Å²) < 4.78 is 11.6. The zero-order valence-electron chi connectivity index (χ0n) is 9.41. The SMILES string of the molecule is CC(C)[C@@H]1CO[C@]2(C)[C@H](O)CO[C@]12C. The average Bonchev–Trinajstić information content (AvgIpc) is 2.47. The normalized spacial score (nSPS) is 52.7. The lowest BCUT2D eigenvalue weighted by molar-refractivity contribution is -0.100. The summed E-state index contributed by atoms with van der Waals surface area (Å²) in [5.74, 6) is 0.900. The molecule has 0 aromatic heterocycles. The van der Waals surface area contributed by atoms with E-state index in [1.807, 2.05) is 6.92 Å². The Hall–Kier alpha value is -0.120. The maximum Gasteiger partial charge on any atom is 0.122 e. The van der Waals surface area contributed by atoms with Crippen LogP contribution in [0.15, 0.2) is 0 Å². The molecule has 2 aliphatic rings. The van der Waals surface area contributed by atoms with Crippen molar-refractivity contribution in [2.45, 2.75) is 45.0 Å². The van der Waals surface area contributed by atoms with Crippen LogP contribution in [0.1, 0.15) is 27.7 Å². The number of rotatable bonds is 1. The number of hydrogen-bond donors (Lipinski definition) is 1. The van der Waals surface area contributed by atoms with Gasteiger partial charge < -0.3 is 14.6 Å². The predicted molar refractivity (Wildman–Crippen MR) is 53.0 cm³/mol. The van der Waals surface area contributed by atoms with Gasteiger partial charge in [-0.3, -0.25) is 0 Å². The van der Waals surface area contributed by atoms with Crippen molar-refractivity contribution in [3.05, 3.63) is 0 Å². The van der Waals surface area contributed by atoms with E-state index < -0.39 is 11.7 Å². The maximum atomic E-state index is 9.87. The van der Waals surface area contributed by atoms with Gasteiger partial charge in [-0.25, -0.2) is 0 Å². The molecular formula is C11H20O3. The summed E-state index contributed by atoms with van der Waals surface area (Å²) >= 11 is 0. The van der Waals surface area contributed by atoms with Gasteiger partial charge in [0.1, 0.15) is 17.3 Å². The molecule has 3 heteroatoms. The lowest BCUT2D eigenvalue weighted by Gasteiger charge is -2.37. The van der Waals surface area contributed by atoms with Crippen molar-refractivity contribution < 1.29 is 14.6 Å². The molecule has 0 radical (unpaired) electrons. The first-order valence-corrected chi connectivity index (χ1v) is 5.38. The summed E-state index contributed by atoms with van der Waals surface area (Å²) in [6.45, 7) is 9.49. The third-order valence-corrected chi connectivity index (χ3v) is 4.24. The van der Waals surface area contributed by atoms with Gasteiger partial charge in [0.15, 0.2) is 0 Å². The zero-order chi connectivity index (χ0) is 10.6. The Morgan fingerprint density at radius 2 is 1.71 bits per heavy atom. The lowest BCUT2D eigenvalue weighted by atomic mass is 9.74. The third kappa shape index (κ3) is 1.03. The molecule has 3 nitrogen and oxygen atoms in total. The van der Waals surface area contributed by atoms with Crippen molar-refractivity contribution in [1.29, 1.82) is 0 Å². The van der Waals surface area contributed by atoms with E-state index in [1.54, 1.807) is 0 Å². The van der Waals surface area contributed by atoms with Gasteiger partial charge in [-0.15, -0.1) is 0 Å². The molecule has 2 heterocycles. The van der Waals surface area contributed by atoms with Gasteiger partial charge in [-0.05, 0) is 19.8 Å². The van der Waals surface area contributed by atoms with E-state index in [0.717, 1.165) is 0 Å². The van der Waals surface area contributed by atoms with Crippen molar-refractivity contribution in [2.24, 2.45) is 11.8 Å². The zero-order valence-corrected chi connectivity index (χ0v) is 9.41. The molecule has 0 aliphatic carbocycles. The van der Waals surface area contributed by atoms with Gasteiger partial charge in [0.25, 0.3) is 0 Å². The Morgan fingerprint density at radius 3 is 2.29 bits per heavy atom. The summed E-state index contributed by atoms with van der Waals surface area (Å²) in [6, 6.07) is 0. The van der Waals surface area contributed by atoms with Crippen molar-refractivity contribution in [2.75, 3.05) is 13.2 Å². The Labute approximate surface area is 85.4 Å². The Kier molecular flexibility index (Phi) is 2.18. The van der Waals surface area contributed by atoms with E-state index >= 15 is 0 Å². The van der Waals surface area contributed by atoms with Gasteiger partial charge >= 0.3 is 0 Å². The molecule has 4 atom stereocenters. The fraction of sp³-hybridized carbons (Fsp3) is 1.00. The molecule has 0 saturated carbocycles. The van der Waals surface area contributed by atoms with Crippen LogP contribution in [-0.4, -0.2) is 35.6 Å². The molecule has 0 spiro atoms. The van der Waals surface area contributed by atoms with E-state index in [1.165, 1.54) is 0 Å². The lowest BCUT2D eigenvalue weighted by Crippen LogP contribution is -2.52. The van der Waals surface area contributed by atoms with Crippen LogP contribution >= 0.6 is 0 Å². The maximum absolute atomic E-state index is 9.87. The van der Waals surface area contributed by atoms with E-state index in [9.17, 15) is 5.11 Å². The van der Waals surface area contributed by atoms with Gasteiger partial charge in [0.05, 0.1) is 13.2 Å². The van der Waals surface area contributed by atoms with E-state index in [2.05, 4.69) is 20.8 Å². The first-order valence-electron chi connectivity index (χ1n) is 5.38. The number of aliphatic hydroxyl groups is 1. The van der Waals surface area contributed by atoms with Gasteiger partial charge in [0.2, 0.25) is 0 Å². The van der Waals surface area contributed by atoms with E-state index in [4.69, 9.17) is 9.47 Å². The highest BCUT2D eigenvalue weighted by Gasteiger charge is 2.65. The van der Waals surface area contributed by atoms with Gasteiger partial charge in [-0.2, -0.15) is 0 Å². The largest absolute Gasteiger partial charge is 0.388 e. The first kappa shape index (κ1) is 10.4. The van der Waals surface area contributed by atoms with Crippen LogP contribution in [0.5, 0.6) is 0 Å². The summed E-state index contributed by atoms with van der Waals surface area (Å²) in [5.41, 5.74) is -0.831. The fourth-order valence-electron chi connectivity index (χ4n) is 2.85. The molecule has 0 unspecified atom stereocenters. The Morgan fingerprint density at radius 1 is 1.14 bits per heavy atom. The van der Waals surface area contributed by atoms with Crippen molar-refractivity contribution in [3.8, 4) is 0 Å². The van der Waals surface area contributed by atoms with Crippen LogP contribution in [0.25, 0.3) is 0 Å². The summed E-state index contributed by atoms with van der Waals surface area (Å²) in [5, 5.41) is 9.87. The standard InChI is InChI=1S/C11H20O3/c1-7(2)8-5-13-11(4)9(12)6-14-10(8,11)3/h7-9,12H,5-6H2,1-4H3/t8-,9+,10+,11+/m0/s1. The number of hydrogen-bond acceptors (Lipinski definition) is 3. The monoisotopic (exact) mass is 200 g/mol. The summed E-state index contributed by atoms with van der Waals surface area (Å²) in [4.78, 5) is 0. The molecule has 0 aromatic carbocycles. The minimum absolute atomic E-state index is 0.319. The van der Waals surface area contributed by atoms with Crippen LogP contribution in [0.4, 0.5) is 0 Å². The molecule has 14 heavy (non-hydrogen) atoms. The molecule has 0 bridgehead atoms. The smallest absolute Gasteiger partial charge is 0.122 e. The van der Waals surface area contributed by atoms with Crippen LogP contribution < -0.4 is 0 Å². The van der Waals surface area contributed by atoms with E-state index in [0.29, 0.717) is 25.0 Å². The molecule has 0 amide bonds. The number of ether oxygens (including phenoxy) is 2. The van der Waals surface area contributed by atoms with Crippen LogP contribution in [0.2, 0.25) is 0 Å². The summed E-state index contributed by atoms with van der Waals surface area (Å²) in [7, 11) is 0. The average molecular weight is 200 g/mol. The minimum atomic E-state index is -0.512. The number of fused-ring (bicyclic) bond motifs is 1. The van der Waals surface area contributed by atoms with Crippen molar-refractivity contribution in [3.63, 3.8) is 0 Å². The number of aliphatic hydroxyl groups excluding tert-OH is 1. The second-order valence-electron chi connectivity index (χ2n) is 5.20. The Bertz CT molecular complexity index is 241. The van der Waals surface area contributed by atoms with Gasteiger partial charge in [0, 0.05) is 5.92 Å². The van der Waals surface area contributed by atoms with Crippen LogP contribution in [-0.2, 0) is 9.47 Å². The topological polar surface area (TPSA) is 38.7 Å². The fourth-order valence-corrected chi connectivity index (χ4v) is 2.85. The molecular weight excluding hydrogens is 180 g/mol. The highest BCUT2D eigenvalue weighted by atomic mass is 16.6.